The maximum atomic E-state index is 2.36. The second kappa shape index (κ2) is 35.0. The molecule has 0 fully saturated rings. The third-order valence-corrected chi connectivity index (χ3v) is 9.00. The molecule has 0 aromatic heterocycles. The zero-order valence-electron chi connectivity index (χ0n) is 16.1. The second-order valence-electron chi connectivity index (χ2n) is 5.65. The number of hydrogen-bond donors (Lipinski definition) is 0. The van der Waals surface area contributed by atoms with Crippen molar-refractivity contribution in [1.82, 2.24) is 0 Å². The molecule has 0 unspecified atom stereocenters. The Kier molecular flexibility index (Phi) is 72.7. The molecule has 8 heteroatoms. The zero-order valence-corrected chi connectivity index (χ0v) is 21.0. The van der Waals surface area contributed by atoms with Crippen LogP contribution in [0.1, 0.15) is 79.1 Å². The summed E-state index contributed by atoms with van der Waals surface area (Å²) in [7, 11) is -0.562. The van der Waals surface area contributed by atoms with Crippen LogP contribution in [0.4, 0.5) is 28.2 Å². The Bertz CT molecular complexity index is 141. The standard InChI is InChI=1S/C16H36P.6FH.Sb.3H/c1-5-9-13-17(14-10-6-2,15-11-7-3)16-12-8-4;;;;;;;;;;/h5-16H2,1-4H3;6*1H;;;;/q+1;;;;;;;;;;. The van der Waals surface area contributed by atoms with Gasteiger partial charge in [0.2, 0.25) is 0 Å². The number of hydrogen-bond acceptors (Lipinski definition) is 0. The van der Waals surface area contributed by atoms with Gasteiger partial charge in [0.15, 0.2) is 0 Å². The van der Waals surface area contributed by atoms with Crippen LogP contribution in [-0.2, 0) is 0 Å². The average molecular weight is 504 g/mol. The fraction of sp³-hybridized carbons (Fsp3) is 1.00. The molecular formula is C16H45F6PSb+. The molecule has 0 aliphatic carbocycles. The van der Waals surface area contributed by atoms with Gasteiger partial charge in [0.25, 0.3) is 0 Å². The summed E-state index contributed by atoms with van der Waals surface area (Å²) in [4.78, 5) is 0. The minimum atomic E-state index is -0.562. The van der Waals surface area contributed by atoms with Gasteiger partial charge in [0, 0.05) is 7.26 Å². The van der Waals surface area contributed by atoms with Crippen molar-refractivity contribution in [1.29, 1.82) is 0 Å². The van der Waals surface area contributed by atoms with E-state index in [4.69, 9.17) is 0 Å². The van der Waals surface area contributed by atoms with Gasteiger partial charge in [-0.25, -0.2) is 0 Å². The quantitative estimate of drug-likeness (QED) is 0.176. The minimum absolute atomic E-state index is 0. The van der Waals surface area contributed by atoms with E-state index in [1.807, 2.05) is 0 Å². The van der Waals surface area contributed by atoms with E-state index in [2.05, 4.69) is 27.7 Å². The summed E-state index contributed by atoms with van der Waals surface area (Å²) in [5.74, 6) is 0. The van der Waals surface area contributed by atoms with Crippen LogP contribution in [0.25, 0.3) is 0 Å². The number of rotatable bonds is 12. The van der Waals surface area contributed by atoms with Crippen LogP contribution in [0.15, 0.2) is 0 Å². The molecule has 24 heavy (non-hydrogen) atoms. The summed E-state index contributed by atoms with van der Waals surface area (Å²) in [5.41, 5.74) is 0. The van der Waals surface area contributed by atoms with E-state index < -0.39 is 7.26 Å². The summed E-state index contributed by atoms with van der Waals surface area (Å²) >= 11 is 0. The summed E-state index contributed by atoms with van der Waals surface area (Å²) in [5, 5.41) is 0. The first-order valence-corrected chi connectivity index (χ1v) is 10.6. The number of unbranched alkanes of at least 4 members (excludes halogenated alkanes) is 4. The van der Waals surface area contributed by atoms with E-state index in [1.165, 1.54) is 51.4 Å². The molecule has 0 spiro atoms. The second-order valence-corrected chi connectivity index (χ2v) is 10.1. The molecule has 0 aliphatic rings. The molecule has 0 saturated carbocycles. The molecule has 0 atom stereocenters. The van der Waals surface area contributed by atoms with E-state index in [0.29, 0.717) is 0 Å². The van der Waals surface area contributed by atoms with Gasteiger partial charge >= 0.3 is 24.4 Å². The van der Waals surface area contributed by atoms with Gasteiger partial charge in [-0.1, -0.05) is 53.4 Å². The fourth-order valence-corrected chi connectivity index (χ4v) is 7.93. The van der Waals surface area contributed by atoms with E-state index in [1.54, 1.807) is 24.6 Å². The van der Waals surface area contributed by atoms with Crippen LogP contribution < -0.4 is 0 Å². The molecule has 0 nitrogen and oxygen atoms in total. The first-order valence-electron chi connectivity index (χ1n) is 8.09. The van der Waals surface area contributed by atoms with Gasteiger partial charge in [-0.05, 0) is 25.7 Å². The van der Waals surface area contributed by atoms with Crippen LogP contribution in [-0.4, -0.2) is 49.1 Å². The van der Waals surface area contributed by atoms with Crippen LogP contribution in [0.3, 0.4) is 0 Å². The van der Waals surface area contributed by atoms with Gasteiger partial charge in [-0.2, -0.15) is 0 Å². The molecule has 0 aromatic rings. The molecule has 160 valence electrons. The van der Waals surface area contributed by atoms with Gasteiger partial charge in [-0.3, -0.25) is 28.2 Å². The van der Waals surface area contributed by atoms with E-state index in [0.717, 1.165) is 0 Å². The van der Waals surface area contributed by atoms with E-state index in [-0.39, 0.29) is 52.7 Å². The normalized spacial score (nSPS) is 8.50. The van der Waals surface area contributed by atoms with Crippen LogP contribution in [0.5, 0.6) is 0 Å². The average Bonchev–Trinajstić information content (AvgIpc) is 2.37. The predicted octanol–water partition coefficient (Wildman–Crippen LogP) is 5.94. The van der Waals surface area contributed by atoms with Gasteiger partial charge in [-0.15, -0.1) is 0 Å². The predicted molar refractivity (Wildman–Crippen MR) is 111 cm³/mol. The van der Waals surface area contributed by atoms with Crippen molar-refractivity contribution in [3.63, 3.8) is 0 Å². The summed E-state index contributed by atoms with van der Waals surface area (Å²) in [6, 6.07) is 0. The first-order chi connectivity index (χ1) is 8.24. The number of halogens is 6. The Balaban J connectivity index is -0.0000000610. The Morgan fingerprint density at radius 3 is 0.708 bits per heavy atom. The molecule has 0 aliphatic heterocycles. The summed E-state index contributed by atoms with van der Waals surface area (Å²) < 4.78 is 0. The third-order valence-electron chi connectivity index (χ3n) is 3.94. The van der Waals surface area contributed by atoms with Crippen molar-refractivity contribution in [3.8, 4) is 0 Å². The van der Waals surface area contributed by atoms with Crippen molar-refractivity contribution in [2.45, 2.75) is 79.1 Å². The van der Waals surface area contributed by atoms with Crippen molar-refractivity contribution >= 4 is 31.7 Å². The van der Waals surface area contributed by atoms with E-state index >= 15 is 0 Å². The van der Waals surface area contributed by atoms with E-state index in [9.17, 15) is 0 Å². The SMILES string of the molecule is CCCC[P+](CCCC)(CCCC)CCCC.F.F.F.F.F.F.[SbH3]. The molecule has 0 rings (SSSR count). The molecule has 0 amide bonds. The maximum absolute atomic E-state index is 2.36. The van der Waals surface area contributed by atoms with Crippen LogP contribution >= 0.6 is 7.26 Å². The molecule has 0 bridgehead atoms. The topological polar surface area (TPSA) is 0 Å². The Hall–Kier alpha value is 0.828. The van der Waals surface area contributed by atoms with Crippen molar-refractivity contribution < 1.29 is 28.2 Å². The van der Waals surface area contributed by atoms with Gasteiger partial charge in [0.05, 0.1) is 24.6 Å². The van der Waals surface area contributed by atoms with Gasteiger partial charge in [0.1, 0.15) is 0 Å². The Morgan fingerprint density at radius 2 is 0.583 bits per heavy atom. The molecule has 0 saturated heterocycles. The fourth-order valence-electron chi connectivity index (χ4n) is 2.64. The zero-order chi connectivity index (χ0) is 13.0. The van der Waals surface area contributed by atoms with Crippen LogP contribution in [0, 0.1) is 0 Å². The first kappa shape index (κ1) is 49.8. The molecule has 0 N–H and O–H groups in total. The summed E-state index contributed by atoms with van der Waals surface area (Å²) in [6.45, 7) is 9.42. The van der Waals surface area contributed by atoms with Crippen molar-refractivity contribution in [2.24, 2.45) is 0 Å². The Morgan fingerprint density at radius 1 is 0.417 bits per heavy atom. The molecule has 0 heterocycles. The van der Waals surface area contributed by atoms with Gasteiger partial charge < -0.3 is 0 Å². The Labute approximate surface area is 163 Å². The molecule has 0 radical (unpaired) electrons. The monoisotopic (exact) mass is 503 g/mol. The van der Waals surface area contributed by atoms with Crippen molar-refractivity contribution in [2.75, 3.05) is 24.6 Å². The molecule has 0 aromatic carbocycles. The molecular weight excluding hydrogens is 459 g/mol. The third kappa shape index (κ3) is 25.1. The van der Waals surface area contributed by atoms with Crippen molar-refractivity contribution in [3.05, 3.63) is 0 Å². The van der Waals surface area contributed by atoms with Crippen LogP contribution in [0.2, 0.25) is 0 Å². The summed E-state index contributed by atoms with van der Waals surface area (Å²) in [6.07, 6.45) is 17.9.